The van der Waals surface area contributed by atoms with E-state index in [4.69, 9.17) is 15.6 Å². The Kier molecular flexibility index (Phi) is 8.22. The Balaban J connectivity index is 1.57. The minimum Gasteiger partial charge on any atom is -0.465 e. The van der Waals surface area contributed by atoms with Gasteiger partial charge in [-0.15, -0.1) is 0 Å². The van der Waals surface area contributed by atoms with Crippen LogP contribution in [0.1, 0.15) is 49.7 Å². The molecule has 0 saturated carbocycles. The SMILES string of the molecule is CC(C)(C)OC(=O)/N=C(\N)c1ccc(CNC(=O)C2(Cc3ccccc3)CCc3ncc(NC(=O)O)c(=O)n32)cc1. The molecule has 0 bridgehead atoms. The van der Waals surface area contributed by atoms with E-state index in [-0.39, 0.29) is 24.5 Å². The molecule has 1 atom stereocenters. The Morgan fingerprint density at radius 3 is 2.41 bits per heavy atom. The standard InChI is InChI=1S/C29H32N6O6/c1-28(2,3)41-27(40)34-23(30)20-11-9-19(10-12-20)16-32-25(37)29(15-18-7-5-4-6-8-18)14-13-22-31-17-21(33-26(38)39)24(36)35(22)29/h4-12,17,33H,13-16H2,1-3H3,(H,32,37)(H,38,39)(H2,30,34,40). The highest BCUT2D eigenvalue weighted by Gasteiger charge is 2.47. The first-order chi connectivity index (χ1) is 19.4. The van der Waals surface area contributed by atoms with Gasteiger partial charge in [0.25, 0.3) is 5.56 Å². The summed E-state index contributed by atoms with van der Waals surface area (Å²) in [5.41, 5.74) is 5.17. The summed E-state index contributed by atoms with van der Waals surface area (Å²) in [4.78, 5) is 58.5. The smallest absolute Gasteiger partial charge is 0.436 e. The van der Waals surface area contributed by atoms with Crippen LogP contribution in [0.4, 0.5) is 15.3 Å². The largest absolute Gasteiger partial charge is 0.465 e. The van der Waals surface area contributed by atoms with Crippen LogP contribution in [-0.4, -0.2) is 44.2 Å². The van der Waals surface area contributed by atoms with Crippen molar-refractivity contribution in [3.8, 4) is 0 Å². The number of amidine groups is 1. The number of nitrogens with two attached hydrogens (primary N) is 1. The Hall–Kier alpha value is -5.00. The van der Waals surface area contributed by atoms with Crippen molar-refractivity contribution < 1.29 is 24.2 Å². The molecule has 12 nitrogen and oxygen atoms in total. The van der Waals surface area contributed by atoms with Gasteiger partial charge in [0, 0.05) is 24.9 Å². The second-order valence-corrected chi connectivity index (χ2v) is 10.7. The number of benzene rings is 2. The minimum absolute atomic E-state index is 0.00291. The van der Waals surface area contributed by atoms with Crippen LogP contribution >= 0.6 is 0 Å². The van der Waals surface area contributed by atoms with Crippen molar-refractivity contribution in [1.29, 1.82) is 0 Å². The van der Waals surface area contributed by atoms with Gasteiger partial charge >= 0.3 is 12.2 Å². The number of aryl methyl sites for hydroxylation is 1. The predicted octanol–water partition coefficient (Wildman–Crippen LogP) is 3.17. The summed E-state index contributed by atoms with van der Waals surface area (Å²) < 4.78 is 6.48. The highest BCUT2D eigenvalue weighted by Crippen LogP contribution is 2.34. The van der Waals surface area contributed by atoms with Crippen LogP contribution in [0.15, 0.2) is 70.6 Å². The van der Waals surface area contributed by atoms with Crippen molar-refractivity contribution in [2.24, 2.45) is 10.7 Å². The molecular weight excluding hydrogens is 528 g/mol. The number of carbonyl (C=O) groups is 3. The van der Waals surface area contributed by atoms with Gasteiger partial charge in [0.15, 0.2) is 0 Å². The number of nitrogens with zero attached hydrogens (tertiary/aromatic N) is 3. The van der Waals surface area contributed by atoms with E-state index in [2.05, 4.69) is 20.6 Å². The number of nitrogens with one attached hydrogen (secondary N) is 2. The molecule has 4 rings (SSSR count). The molecule has 12 heteroatoms. The first-order valence-electron chi connectivity index (χ1n) is 13.0. The van der Waals surface area contributed by atoms with E-state index in [0.29, 0.717) is 24.2 Å². The first-order valence-corrected chi connectivity index (χ1v) is 13.0. The van der Waals surface area contributed by atoms with E-state index in [9.17, 15) is 19.2 Å². The Morgan fingerprint density at radius 1 is 1.10 bits per heavy atom. The molecule has 3 amide bonds. The zero-order valence-electron chi connectivity index (χ0n) is 23.0. The number of hydrogen-bond donors (Lipinski definition) is 4. The van der Waals surface area contributed by atoms with E-state index in [1.807, 2.05) is 30.3 Å². The van der Waals surface area contributed by atoms with E-state index in [0.717, 1.165) is 11.1 Å². The normalized spacial score (nSPS) is 16.5. The average Bonchev–Trinajstić information content (AvgIpc) is 3.28. The average molecular weight is 561 g/mol. The maximum absolute atomic E-state index is 13.9. The number of hydrogen-bond acceptors (Lipinski definition) is 6. The molecule has 0 saturated heterocycles. The lowest BCUT2D eigenvalue weighted by atomic mass is 9.87. The summed E-state index contributed by atoms with van der Waals surface area (Å²) in [7, 11) is 0. The zero-order chi connectivity index (χ0) is 29.8. The number of amides is 3. The van der Waals surface area contributed by atoms with Crippen LogP contribution in [0.3, 0.4) is 0 Å². The van der Waals surface area contributed by atoms with E-state index >= 15 is 0 Å². The molecule has 1 aromatic heterocycles. The van der Waals surface area contributed by atoms with Crippen LogP contribution < -0.4 is 21.9 Å². The van der Waals surface area contributed by atoms with Gasteiger partial charge in [-0.05, 0) is 38.3 Å². The molecule has 3 aromatic rings. The quantitative estimate of drug-likeness (QED) is 0.251. The van der Waals surface area contributed by atoms with Crippen LogP contribution in [0.2, 0.25) is 0 Å². The van der Waals surface area contributed by atoms with Gasteiger partial charge < -0.3 is 20.9 Å². The third-order valence-corrected chi connectivity index (χ3v) is 6.54. The number of carboxylic acid groups (broad SMARTS) is 1. The lowest BCUT2D eigenvalue weighted by molar-refractivity contribution is -0.130. The molecule has 1 aliphatic heterocycles. The lowest BCUT2D eigenvalue weighted by Crippen LogP contribution is -2.52. The summed E-state index contributed by atoms with van der Waals surface area (Å²) in [6.45, 7) is 5.33. The molecule has 2 aromatic carbocycles. The second kappa shape index (κ2) is 11.6. The molecule has 1 unspecified atom stereocenters. The monoisotopic (exact) mass is 560 g/mol. The van der Waals surface area contributed by atoms with Gasteiger partial charge in [0.1, 0.15) is 28.5 Å². The van der Waals surface area contributed by atoms with Crippen LogP contribution in [0, 0.1) is 0 Å². The molecule has 1 aliphatic rings. The van der Waals surface area contributed by atoms with E-state index in [1.54, 1.807) is 45.0 Å². The van der Waals surface area contributed by atoms with E-state index in [1.165, 1.54) is 10.8 Å². The summed E-state index contributed by atoms with van der Waals surface area (Å²) in [6, 6.07) is 16.1. The van der Waals surface area contributed by atoms with Crippen molar-refractivity contribution in [2.45, 2.75) is 57.7 Å². The fourth-order valence-corrected chi connectivity index (χ4v) is 4.72. The molecule has 5 N–H and O–H groups in total. The van der Waals surface area contributed by atoms with Crippen molar-refractivity contribution in [3.63, 3.8) is 0 Å². The highest BCUT2D eigenvalue weighted by atomic mass is 16.6. The number of aromatic nitrogens is 2. The first kappa shape index (κ1) is 29.0. The van der Waals surface area contributed by atoms with Gasteiger partial charge in [0.05, 0.1) is 6.20 Å². The van der Waals surface area contributed by atoms with Gasteiger partial charge in [-0.3, -0.25) is 19.5 Å². The van der Waals surface area contributed by atoms with Gasteiger partial charge in [-0.2, -0.15) is 4.99 Å². The summed E-state index contributed by atoms with van der Waals surface area (Å²) in [5, 5.41) is 14.2. The number of aliphatic imine (C=N–C) groups is 1. The van der Waals surface area contributed by atoms with Gasteiger partial charge in [0.2, 0.25) is 5.91 Å². The number of fused-ring (bicyclic) bond motifs is 1. The number of anilines is 1. The molecule has 41 heavy (non-hydrogen) atoms. The van der Waals surface area contributed by atoms with Crippen molar-refractivity contribution in [2.75, 3.05) is 5.32 Å². The van der Waals surface area contributed by atoms with Crippen LogP contribution in [0.5, 0.6) is 0 Å². The molecule has 0 spiro atoms. The zero-order valence-corrected chi connectivity index (χ0v) is 23.0. The topological polar surface area (TPSA) is 178 Å². The maximum Gasteiger partial charge on any atom is 0.436 e. The van der Waals surface area contributed by atoms with Crippen molar-refractivity contribution in [1.82, 2.24) is 14.9 Å². The minimum atomic E-state index is -1.40. The molecule has 214 valence electrons. The predicted molar refractivity (Wildman–Crippen MR) is 152 cm³/mol. The summed E-state index contributed by atoms with van der Waals surface area (Å²) >= 11 is 0. The van der Waals surface area contributed by atoms with Crippen molar-refractivity contribution in [3.05, 3.63) is 93.7 Å². The van der Waals surface area contributed by atoms with Gasteiger partial charge in [-0.25, -0.2) is 14.6 Å². The van der Waals surface area contributed by atoms with E-state index < -0.39 is 34.8 Å². The molecule has 0 fully saturated rings. The fourth-order valence-electron chi connectivity index (χ4n) is 4.72. The van der Waals surface area contributed by atoms with Crippen LogP contribution in [-0.2, 0) is 34.5 Å². The Labute approximate surface area is 236 Å². The number of rotatable bonds is 7. The van der Waals surface area contributed by atoms with Gasteiger partial charge in [-0.1, -0.05) is 54.6 Å². The highest BCUT2D eigenvalue weighted by molar-refractivity contribution is 6.02. The Bertz CT molecular complexity index is 1540. The molecule has 0 aliphatic carbocycles. The molecule has 2 heterocycles. The summed E-state index contributed by atoms with van der Waals surface area (Å²) in [5.74, 6) is 0.00420. The lowest BCUT2D eigenvalue weighted by Gasteiger charge is -2.31. The number of carbonyl (C=O) groups excluding carboxylic acids is 2. The van der Waals surface area contributed by atoms with Crippen LogP contribution in [0.25, 0.3) is 0 Å². The Morgan fingerprint density at radius 2 is 1.78 bits per heavy atom. The van der Waals surface area contributed by atoms with Crippen molar-refractivity contribution >= 4 is 29.6 Å². The summed E-state index contributed by atoms with van der Waals surface area (Å²) in [6.07, 6.45) is -0.129. The third-order valence-electron chi connectivity index (χ3n) is 6.54. The number of ether oxygens (including phenoxy) is 1. The molecule has 0 radical (unpaired) electrons. The second-order valence-electron chi connectivity index (χ2n) is 10.7. The third kappa shape index (κ3) is 6.78. The maximum atomic E-state index is 13.9. The fraction of sp³-hybridized carbons (Fsp3) is 0.310. The molecular formula is C29H32N6O6.